The zero-order chi connectivity index (χ0) is 18.4. The number of benzene rings is 1. The molecule has 1 aromatic carbocycles. The van der Waals surface area contributed by atoms with Gasteiger partial charge >= 0.3 is 0 Å². The SMILES string of the molecule is CCOCCc1nnc(NC(=O)c2ccc(-c3ccc(OC)cc3)o2)s1. The molecule has 7 nitrogen and oxygen atoms in total. The van der Waals surface area contributed by atoms with Crippen molar-refractivity contribution < 1.29 is 18.7 Å². The van der Waals surface area contributed by atoms with E-state index in [1.807, 2.05) is 31.2 Å². The van der Waals surface area contributed by atoms with E-state index in [1.165, 1.54) is 11.3 Å². The minimum absolute atomic E-state index is 0.210. The Morgan fingerprint density at radius 2 is 2.00 bits per heavy atom. The Labute approximate surface area is 155 Å². The Bertz CT molecular complexity index is 857. The van der Waals surface area contributed by atoms with Crippen LogP contribution in [0.3, 0.4) is 0 Å². The van der Waals surface area contributed by atoms with E-state index < -0.39 is 0 Å². The van der Waals surface area contributed by atoms with Crippen molar-refractivity contribution in [3.63, 3.8) is 0 Å². The van der Waals surface area contributed by atoms with E-state index in [1.54, 1.807) is 19.2 Å². The molecule has 0 bridgehead atoms. The van der Waals surface area contributed by atoms with Crippen LogP contribution in [-0.2, 0) is 11.2 Å². The molecule has 0 fully saturated rings. The molecule has 0 radical (unpaired) electrons. The molecule has 1 amide bonds. The third kappa shape index (κ3) is 4.47. The lowest BCUT2D eigenvalue weighted by atomic mass is 10.2. The van der Waals surface area contributed by atoms with E-state index in [0.717, 1.165) is 16.3 Å². The number of nitrogens with zero attached hydrogens (tertiary/aromatic N) is 2. The topological polar surface area (TPSA) is 86.5 Å². The molecular formula is C18H19N3O4S. The van der Waals surface area contributed by atoms with Gasteiger partial charge in [-0.2, -0.15) is 0 Å². The molecule has 3 aromatic rings. The van der Waals surface area contributed by atoms with Crippen LogP contribution in [-0.4, -0.2) is 36.4 Å². The van der Waals surface area contributed by atoms with Crippen molar-refractivity contribution in [2.24, 2.45) is 0 Å². The van der Waals surface area contributed by atoms with Gasteiger partial charge in [0.1, 0.15) is 16.5 Å². The number of carbonyl (C=O) groups is 1. The molecule has 0 spiro atoms. The van der Waals surface area contributed by atoms with Gasteiger partial charge in [0.25, 0.3) is 5.91 Å². The van der Waals surface area contributed by atoms with Gasteiger partial charge in [0.2, 0.25) is 5.13 Å². The Morgan fingerprint density at radius 1 is 1.19 bits per heavy atom. The first kappa shape index (κ1) is 18.1. The first-order chi connectivity index (χ1) is 12.7. The number of hydrogen-bond acceptors (Lipinski definition) is 7. The molecule has 136 valence electrons. The molecule has 2 heterocycles. The van der Waals surface area contributed by atoms with Gasteiger partial charge < -0.3 is 13.9 Å². The summed E-state index contributed by atoms with van der Waals surface area (Å²) in [6.45, 7) is 3.19. The molecule has 0 aliphatic heterocycles. The number of amides is 1. The molecule has 0 saturated heterocycles. The van der Waals surface area contributed by atoms with E-state index in [9.17, 15) is 4.79 Å². The molecule has 0 atom stereocenters. The number of nitrogens with one attached hydrogen (secondary N) is 1. The Hall–Kier alpha value is -2.71. The van der Waals surface area contributed by atoms with Crippen molar-refractivity contribution in [2.45, 2.75) is 13.3 Å². The zero-order valence-electron chi connectivity index (χ0n) is 14.5. The average molecular weight is 373 g/mol. The van der Waals surface area contributed by atoms with Crippen LogP contribution in [0.4, 0.5) is 5.13 Å². The smallest absolute Gasteiger partial charge is 0.293 e. The van der Waals surface area contributed by atoms with Crippen LogP contribution in [0.25, 0.3) is 11.3 Å². The van der Waals surface area contributed by atoms with Crippen LogP contribution in [0.2, 0.25) is 0 Å². The van der Waals surface area contributed by atoms with Gasteiger partial charge in [0.05, 0.1) is 13.7 Å². The van der Waals surface area contributed by atoms with Crippen LogP contribution in [0.1, 0.15) is 22.5 Å². The third-order valence-electron chi connectivity index (χ3n) is 3.56. The number of carbonyl (C=O) groups excluding carboxylic acids is 1. The molecule has 26 heavy (non-hydrogen) atoms. The second-order valence-corrected chi connectivity index (χ2v) is 6.36. The maximum Gasteiger partial charge on any atom is 0.293 e. The second-order valence-electron chi connectivity index (χ2n) is 5.29. The largest absolute Gasteiger partial charge is 0.497 e. The van der Waals surface area contributed by atoms with Crippen molar-refractivity contribution in [2.75, 3.05) is 25.6 Å². The first-order valence-electron chi connectivity index (χ1n) is 8.15. The van der Waals surface area contributed by atoms with Gasteiger partial charge in [0, 0.05) is 18.6 Å². The number of aromatic nitrogens is 2. The highest BCUT2D eigenvalue weighted by atomic mass is 32.1. The Balaban J connectivity index is 1.62. The summed E-state index contributed by atoms with van der Waals surface area (Å²) in [4.78, 5) is 12.3. The number of rotatable bonds is 8. The summed E-state index contributed by atoms with van der Waals surface area (Å²) in [7, 11) is 1.61. The lowest BCUT2D eigenvalue weighted by molar-refractivity contribution is 0.0997. The maximum atomic E-state index is 12.3. The molecule has 1 N–H and O–H groups in total. The fourth-order valence-electron chi connectivity index (χ4n) is 2.24. The van der Waals surface area contributed by atoms with Gasteiger partial charge in [-0.05, 0) is 43.3 Å². The molecule has 3 rings (SSSR count). The minimum Gasteiger partial charge on any atom is -0.497 e. The molecule has 0 aliphatic rings. The first-order valence-corrected chi connectivity index (χ1v) is 8.97. The van der Waals surface area contributed by atoms with Crippen LogP contribution < -0.4 is 10.1 Å². The highest BCUT2D eigenvalue weighted by molar-refractivity contribution is 7.15. The minimum atomic E-state index is -0.364. The third-order valence-corrected chi connectivity index (χ3v) is 4.45. The monoisotopic (exact) mass is 373 g/mol. The summed E-state index contributed by atoms with van der Waals surface area (Å²) in [5.74, 6) is 1.21. The van der Waals surface area contributed by atoms with Crippen LogP contribution >= 0.6 is 11.3 Å². The van der Waals surface area contributed by atoms with Gasteiger partial charge in [-0.15, -0.1) is 10.2 Å². The fraction of sp³-hybridized carbons (Fsp3) is 0.278. The van der Waals surface area contributed by atoms with Crippen molar-refractivity contribution in [1.82, 2.24) is 10.2 Å². The highest BCUT2D eigenvalue weighted by Gasteiger charge is 2.15. The summed E-state index contributed by atoms with van der Waals surface area (Å²) in [6.07, 6.45) is 0.670. The number of methoxy groups -OCH3 is 1. The Kier molecular flexibility index (Phi) is 5.98. The van der Waals surface area contributed by atoms with Crippen LogP contribution in [0.15, 0.2) is 40.8 Å². The predicted octanol–water partition coefficient (Wildman–Crippen LogP) is 3.64. The summed E-state index contributed by atoms with van der Waals surface area (Å²) < 4.78 is 16.1. The summed E-state index contributed by atoms with van der Waals surface area (Å²) in [6, 6.07) is 10.8. The number of ether oxygens (including phenoxy) is 2. The lowest BCUT2D eigenvalue weighted by Crippen LogP contribution is -2.10. The van der Waals surface area contributed by atoms with Gasteiger partial charge in [-0.1, -0.05) is 11.3 Å². The quantitative estimate of drug-likeness (QED) is 0.607. The summed E-state index contributed by atoms with van der Waals surface area (Å²) >= 11 is 1.32. The van der Waals surface area contributed by atoms with Crippen molar-refractivity contribution in [3.8, 4) is 17.1 Å². The lowest BCUT2D eigenvalue weighted by Gasteiger charge is -2.01. The van der Waals surface area contributed by atoms with E-state index in [2.05, 4.69) is 15.5 Å². The number of furan rings is 1. The normalized spacial score (nSPS) is 10.7. The van der Waals surface area contributed by atoms with Gasteiger partial charge in [0.15, 0.2) is 5.76 Å². The highest BCUT2D eigenvalue weighted by Crippen LogP contribution is 2.25. The summed E-state index contributed by atoms with van der Waals surface area (Å²) in [5.41, 5.74) is 0.860. The molecule has 8 heteroatoms. The van der Waals surface area contributed by atoms with Gasteiger partial charge in [-0.3, -0.25) is 10.1 Å². The van der Waals surface area contributed by atoms with E-state index in [4.69, 9.17) is 13.9 Å². The maximum absolute atomic E-state index is 12.3. The van der Waals surface area contributed by atoms with Crippen molar-refractivity contribution in [3.05, 3.63) is 47.2 Å². The Morgan fingerprint density at radius 3 is 2.73 bits per heavy atom. The van der Waals surface area contributed by atoms with E-state index in [-0.39, 0.29) is 11.7 Å². The molecule has 0 aliphatic carbocycles. The van der Waals surface area contributed by atoms with Crippen molar-refractivity contribution in [1.29, 1.82) is 0 Å². The number of hydrogen-bond donors (Lipinski definition) is 1. The van der Waals surface area contributed by atoms with Gasteiger partial charge in [-0.25, -0.2) is 0 Å². The van der Waals surface area contributed by atoms with E-state index >= 15 is 0 Å². The molecular weight excluding hydrogens is 354 g/mol. The molecule has 2 aromatic heterocycles. The average Bonchev–Trinajstić information content (AvgIpc) is 3.32. The predicted molar refractivity (Wildman–Crippen MR) is 98.8 cm³/mol. The molecule has 0 saturated carbocycles. The van der Waals surface area contributed by atoms with Crippen molar-refractivity contribution >= 4 is 22.4 Å². The van der Waals surface area contributed by atoms with Crippen LogP contribution in [0, 0.1) is 0 Å². The second kappa shape index (κ2) is 8.59. The number of anilines is 1. The molecule has 0 unspecified atom stereocenters. The standard InChI is InChI=1S/C18H19N3O4S/c1-3-24-11-10-16-20-21-18(26-16)19-17(22)15-9-8-14(25-15)12-4-6-13(23-2)7-5-12/h4-9H,3,10-11H2,1-2H3,(H,19,21,22). The summed E-state index contributed by atoms with van der Waals surface area (Å²) in [5, 5.41) is 12.0. The zero-order valence-corrected chi connectivity index (χ0v) is 15.3. The van der Waals surface area contributed by atoms with Crippen LogP contribution in [0.5, 0.6) is 5.75 Å². The van der Waals surface area contributed by atoms with E-state index in [0.29, 0.717) is 30.5 Å². The fourth-order valence-corrected chi connectivity index (χ4v) is 2.95.